The maximum Gasteiger partial charge on any atom is 0.0299 e. The van der Waals surface area contributed by atoms with Crippen molar-refractivity contribution >= 4 is 0 Å². The van der Waals surface area contributed by atoms with Crippen LogP contribution in [-0.2, 0) is 6.42 Å². The number of rotatable bonds is 2. The van der Waals surface area contributed by atoms with Crippen molar-refractivity contribution in [3.05, 3.63) is 30.1 Å². The van der Waals surface area contributed by atoms with Crippen LogP contribution in [0.15, 0.2) is 24.5 Å². The molecule has 2 heteroatoms. The van der Waals surface area contributed by atoms with Gasteiger partial charge in [-0.05, 0) is 56.9 Å². The van der Waals surface area contributed by atoms with Crippen LogP contribution in [0.4, 0.5) is 0 Å². The molecule has 1 fully saturated rings. The molecular weight excluding hydrogens is 172 g/mol. The Morgan fingerprint density at radius 1 is 1.43 bits per heavy atom. The number of hydrogen-bond donors (Lipinski definition) is 0. The van der Waals surface area contributed by atoms with Crippen LogP contribution in [0.5, 0.6) is 0 Å². The Bertz CT molecular complexity index is 263. The largest absolute Gasteiger partial charge is 0.306 e. The molecule has 0 N–H and O–H groups in total. The van der Waals surface area contributed by atoms with Crippen LogP contribution in [0.2, 0.25) is 0 Å². The molecule has 2 rings (SSSR count). The topological polar surface area (TPSA) is 16.1 Å². The molecule has 0 spiro atoms. The van der Waals surface area contributed by atoms with Crippen molar-refractivity contribution < 1.29 is 0 Å². The van der Waals surface area contributed by atoms with Crippen molar-refractivity contribution in [2.75, 3.05) is 20.1 Å². The van der Waals surface area contributed by atoms with Crippen LogP contribution < -0.4 is 0 Å². The first kappa shape index (κ1) is 9.66. The highest BCUT2D eigenvalue weighted by Crippen LogP contribution is 2.20. The summed E-state index contributed by atoms with van der Waals surface area (Å²) in [6.45, 7) is 2.51. The second-order valence-corrected chi connectivity index (χ2v) is 4.31. The van der Waals surface area contributed by atoms with Gasteiger partial charge in [-0.1, -0.05) is 6.07 Å². The highest BCUT2D eigenvalue weighted by Gasteiger charge is 2.16. The number of likely N-dealkylation sites (tertiary alicyclic amines) is 1. The van der Waals surface area contributed by atoms with Gasteiger partial charge in [-0.25, -0.2) is 0 Å². The van der Waals surface area contributed by atoms with E-state index in [-0.39, 0.29) is 0 Å². The van der Waals surface area contributed by atoms with E-state index >= 15 is 0 Å². The lowest BCUT2D eigenvalue weighted by Crippen LogP contribution is -2.30. The Hall–Kier alpha value is -0.890. The Balaban J connectivity index is 1.87. The van der Waals surface area contributed by atoms with Gasteiger partial charge in [0.25, 0.3) is 0 Å². The van der Waals surface area contributed by atoms with E-state index in [1.807, 2.05) is 18.5 Å². The number of piperidine rings is 1. The van der Waals surface area contributed by atoms with Gasteiger partial charge in [0.2, 0.25) is 0 Å². The molecule has 1 aliphatic heterocycles. The van der Waals surface area contributed by atoms with Gasteiger partial charge in [0.1, 0.15) is 0 Å². The molecule has 0 atom stereocenters. The van der Waals surface area contributed by atoms with E-state index in [2.05, 4.69) is 23.0 Å². The summed E-state index contributed by atoms with van der Waals surface area (Å²) in [5, 5.41) is 0. The van der Waals surface area contributed by atoms with Crippen LogP contribution >= 0.6 is 0 Å². The Morgan fingerprint density at radius 2 is 2.21 bits per heavy atom. The Morgan fingerprint density at radius 3 is 2.86 bits per heavy atom. The second kappa shape index (κ2) is 4.56. The summed E-state index contributed by atoms with van der Waals surface area (Å²) in [7, 11) is 2.21. The van der Waals surface area contributed by atoms with Crippen molar-refractivity contribution in [1.29, 1.82) is 0 Å². The fraction of sp³-hybridized carbons (Fsp3) is 0.583. The van der Waals surface area contributed by atoms with Crippen LogP contribution in [0.1, 0.15) is 18.4 Å². The van der Waals surface area contributed by atoms with E-state index in [0.717, 1.165) is 5.92 Å². The molecule has 2 heterocycles. The zero-order valence-electron chi connectivity index (χ0n) is 8.82. The number of pyridine rings is 1. The van der Waals surface area contributed by atoms with E-state index in [1.165, 1.54) is 37.9 Å². The molecule has 0 aromatic carbocycles. The molecule has 0 radical (unpaired) electrons. The van der Waals surface area contributed by atoms with Crippen molar-refractivity contribution in [3.8, 4) is 0 Å². The predicted molar refractivity (Wildman–Crippen MR) is 58.2 cm³/mol. The zero-order chi connectivity index (χ0) is 9.80. The van der Waals surface area contributed by atoms with Crippen LogP contribution in [0, 0.1) is 5.92 Å². The first-order valence-corrected chi connectivity index (χ1v) is 5.42. The van der Waals surface area contributed by atoms with Gasteiger partial charge in [-0.3, -0.25) is 4.98 Å². The van der Waals surface area contributed by atoms with Gasteiger partial charge in [0.15, 0.2) is 0 Å². The normalized spacial score (nSPS) is 19.8. The summed E-state index contributed by atoms with van der Waals surface area (Å²) in [4.78, 5) is 6.57. The van der Waals surface area contributed by atoms with E-state index in [0.29, 0.717) is 0 Å². The molecule has 0 saturated carbocycles. The molecule has 1 saturated heterocycles. The highest BCUT2D eigenvalue weighted by molar-refractivity contribution is 5.09. The molecule has 0 aliphatic carbocycles. The molecule has 0 bridgehead atoms. The lowest BCUT2D eigenvalue weighted by atomic mass is 9.91. The van der Waals surface area contributed by atoms with Gasteiger partial charge >= 0.3 is 0 Å². The molecule has 76 valence electrons. The lowest BCUT2D eigenvalue weighted by Gasteiger charge is -2.28. The van der Waals surface area contributed by atoms with Gasteiger partial charge < -0.3 is 4.90 Å². The summed E-state index contributed by atoms with van der Waals surface area (Å²) in [6, 6.07) is 4.22. The maximum atomic E-state index is 4.15. The third-order valence-corrected chi connectivity index (χ3v) is 3.09. The van der Waals surface area contributed by atoms with Gasteiger partial charge in [-0.2, -0.15) is 0 Å². The van der Waals surface area contributed by atoms with Crippen LogP contribution in [-0.4, -0.2) is 30.0 Å². The smallest absolute Gasteiger partial charge is 0.0299 e. The number of nitrogens with zero attached hydrogens (tertiary/aromatic N) is 2. The molecule has 0 amide bonds. The molecule has 0 unspecified atom stereocenters. The van der Waals surface area contributed by atoms with Crippen molar-refractivity contribution in [3.63, 3.8) is 0 Å². The summed E-state index contributed by atoms with van der Waals surface area (Å²) in [5.41, 5.74) is 1.39. The van der Waals surface area contributed by atoms with Crippen molar-refractivity contribution in [2.24, 2.45) is 5.92 Å². The number of hydrogen-bond acceptors (Lipinski definition) is 2. The predicted octanol–water partition coefficient (Wildman–Crippen LogP) is 1.97. The molecular formula is C12H18N2. The van der Waals surface area contributed by atoms with E-state index in [4.69, 9.17) is 0 Å². The van der Waals surface area contributed by atoms with E-state index < -0.39 is 0 Å². The van der Waals surface area contributed by atoms with Crippen molar-refractivity contribution in [1.82, 2.24) is 9.88 Å². The molecule has 2 nitrogen and oxygen atoms in total. The standard InChI is InChI=1S/C12H18N2/c1-14-7-4-11(5-8-14)9-12-3-2-6-13-10-12/h2-3,6,10-11H,4-5,7-9H2,1H3. The third kappa shape index (κ3) is 2.55. The first-order chi connectivity index (χ1) is 6.84. The molecule has 1 aromatic rings. The minimum Gasteiger partial charge on any atom is -0.306 e. The highest BCUT2D eigenvalue weighted by atomic mass is 15.1. The third-order valence-electron chi connectivity index (χ3n) is 3.09. The van der Waals surface area contributed by atoms with Gasteiger partial charge in [0, 0.05) is 12.4 Å². The average molecular weight is 190 g/mol. The zero-order valence-corrected chi connectivity index (χ0v) is 8.82. The first-order valence-electron chi connectivity index (χ1n) is 5.42. The lowest BCUT2D eigenvalue weighted by molar-refractivity contribution is 0.219. The Labute approximate surface area is 86.0 Å². The molecule has 14 heavy (non-hydrogen) atoms. The van der Waals surface area contributed by atoms with E-state index in [9.17, 15) is 0 Å². The quantitative estimate of drug-likeness (QED) is 0.708. The summed E-state index contributed by atoms with van der Waals surface area (Å²) >= 11 is 0. The van der Waals surface area contributed by atoms with Gasteiger partial charge in [-0.15, -0.1) is 0 Å². The van der Waals surface area contributed by atoms with Gasteiger partial charge in [0.05, 0.1) is 0 Å². The van der Waals surface area contributed by atoms with E-state index in [1.54, 1.807) is 0 Å². The second-order valence-electron chi connectivity index (χ2n) is 4.31. The SMILES string of the molecule is CN1CCC(Cc2cccnc2)CC1. The minimum absolute atomic E-state index is 0.871. The summed E-state index contributed by atoms with van der Waals surface area (Å²) < 4.78 is 0. The fourth-order valence-corrected chi connectivity index (χ4v) is 2.12. The van der Waals surface area contributed by atoms with Crippen LogP contribution in [0.25, 0.3) is 0 Å². The average Bonchev–Trinajstić information content (AvgIpc) is 2.23. The monoisotopic (exact) mass is 190 g/mol. The van der Waals surface area contributed by atoms with Crippen LogP contribution in [0.3, 0.4) is 0 Å². The molecule has 1 aromatic heterocycles. The molecule has 1 aliphatic rings. The van der Waals surface area contributed by atoms with Crippen molar-refractivity contribution in [2.45, 2.75) is 19.3 Å². The Kier molecular flexibility index (Phi) is 3.14. The summed E-state index contributed by atoms with van der Waals surface area (Å²) in [5.74, 6) is 0.871. The fourth-order valence-electron chi connectivity index (χ4n) is 2.12. The maximum absolute atomic E-state index is 4.15. The number of aromatic nitrogens is 1. The summed E-state index contributed by atoms with van der Waals surface area (Å²) in [6.07, 6.45) is 7.73. The minimum atomic E-state index is 0.871.